The largest absolute Gasteiger partial charge is 0.453 e. The van der Waals surface area contributed by atoms with Gasteiger partial charge in [0.15, 0.2) is 0 Å². The average molecular weight is 208 g/mol. The number of benzene rings is 1. The van der Waals surface area contributed by atoms with Crippen LogP contribution < -0.4 is 0 Å². The van der Waals surface area contributed by atoms with Gasteiger partial charge < -0.3 is 4.42 Å². The summed E-state index contributed by atoms with van der Waals surface area (Å²) in [5.41, 5.74) is 0. The molecule has 72 valence electrons. The van der Waals surface area contributed by atoms with E-state index in [-0.39, 0.29) is 9.99 Å². The smallest absolute Gasteiger partial charge is 0.239 e. The molecule has 0 amide bonds. The van der Waals surface area contributed by atoms with Crippen LogP contribution in [0.5, 0.6) is 0 Å². The van der Waals surface area contributed by atoms with Gasteiger partial charge >= 0.3 is 0 Å². The quantitative estimate of drug-likeness (QED) is 0.759. The lowest BCUT2D eigenvalue weighted by molar-refractivity contribution is 0.450. The van der Waals surface area contributed by atoms with Crippen LogP contribution in [0.1, 0.15) is 0 Å². The Hall–Kier alpha value is -1.55. The molecule has 0 atom stereocenters. The molecule has 2 aromatic rings. The molecule has 0 unspecified atom stereocenters. The van der Waals surface area contributed by atoms with Gasteiger partial charge in [0.25, 0.3) is 0 Å². The molecule has 0 N–H and O–H groups in total. The Kier molecular flexibility index (Phi) is 2.13. The fourth-order valence-corrected chi connectivity index (χ4v) is 2.32. The molecule has 0 saturated carbocycles. The maximum Gasteiger partial charge on any atom is 0.239 e. The maximum atomic E-state index is 11.8. The summed E-state index contributed by atoms with van der Waals surface area (Å²) in [6, 6.07) is 11.2. The van der Waals surface area contributed by atoms with Gasteiger partial charge in [0.05, 0.1) is 11.2 Å². The summed E-state index contributed by atoms with van der Waals surface area (Å²) >= 11 is 0. The zero-order valence-corrected chi connectivity index (χ0v) is 8.07. The van der Waals surface area contributed by atoms with Crippen molar-refractivity contribution in [1.82, 2.24) is 0 Å². The lowest BCUT2D eigenvalue weighted by Crippen LogP contribution is -1.99. The van der Waals surface area contributed by atoms with Crippen molar-refractivity contribution < 1.29 is 12.8 Å². The van der Waals surface area contributed by atoms with Crippen LogP contribution in [0.15, 0.2) is 63.1 Å². The predicted octanol–water partition coefficient (Wildman–Crippen LogP) is 2.11. The van der Waals surface area contributed by atoms with Crippen LogP contribution in [0.2, 0.25) is 0 Å². The van der Waals surface area contributed by atoms with Crippen molar-refractivity contribution in [1.29, 1.82) is 0 Å². The summed E-state index contributed by atoms with van der Waals surface area (Å²) in [5, 5.41) is -0.0244. The second kappa shape index (κ2) is 3.31. The molecule has 3 nitrogen and oxygen atoms in total. The van der Waals surface area contributed by atoms with Gasteiger partial charge in [0, 0.05) is 0 Å². The van der Waals surface area contributed by atoms with Crippen molar-refractivity contribution in [2.24, 2.45) is 0 Å². The van der Waals surface area contributed by atoms with E-state index in [2.05, 4.69) is 0 Å². The summed E-state index contributed by atoms with van der Waals surface area (Å²) in [5.74, 6) is 0. The molecule has 2 rings (SSSR count). The molecule has 0 aliphatic carbocycles. The van der Waals surface area contributed by atoms with Gasteiger partial charge in [0.2, 0.25) is 14.9 Å². The SMILES string of the molecule is O=S(=O)(c1ccccc1)c1ccco1. The molecule has 14 heavy (non-hydrogen) atoms. The Labute approximate surface area is 81.9 Å². The predicted molar refractivity (Wildman–Crippen MR) is 50.6 cm³/mol. The highest BCUT2D eigenvalue weighted by Gasteiger charge is 2.19. The first kappa shape index (κ1) is 9.02. The van der Waals surface area contributed by atoms with Crippen molar-refractivity contribution in [2.75, 3.05) is 0 Å². The third kappa shape index (κ3) is 1.44. The molecule has 0 fully saturated rings. The van der Waals surface area contributed by atoms with E-state index in [4.69, 9.17) is 4.42 Å². The summed E-state index contributed by atoms with van der Waals surface area (Å²) in [7, 11) is -3.46. The fraction of sp³-hybridized carbons (Fsp3) is 0. The second-order valence-corrected chi connectivity index (χ2v) is 4.63. The van der Waals surface area contributed by atoms with Gasteiger partial charge in [0.1, 0.15) is 0 Å². The molecular formula is C10H8O3S. The highest BCUT2D eigenvalue weighted by atomic mass is 32.2. The molecule has 0 aliphatic heterocycles. The topological polar surface area (TPSA) is 47.3 Å². The summed E-state index contributed by atoms with van der Waals surface area (Å²) in [6.45, 7) is 0. The highest BCUT2D eigenvalue weighted by Crippen LogP contribution is 2.19. The van der Waals surface area contributed by atoms with Crippen molar-refractivity contribution in [3.8, 4) is 0 Å². The third-order valence-corrected chi connectivity index (χ3v) is 3.47. The summed E-state index contributed by atoms with van der Waals surface area (Å²) < 4.78 is 28.5. The molecule has 0 spiro atoms. The van der Waals surface area contributed by atoms with Gasteiger partial charge in [-0.25, -0.2) is 8.42 Å². The van der Waals surface area contributed by atoms with Crippen molar-refractivity contribution in [3.63, 3.8) is 0 Å². The molecule has 1 aromatic heterocycles. The summed E-state index contributed by atoms with van der Waals surface area (Å²) in [4.78, 5) is 0.245. The molecule has 0 bridgehead atoms. The van der Waals surface area contributed by atoms with E-state index in [1.54, 1.807) is 24.3 Å². The van der Waals surface area contributed by atoms with Crippen molar-refractivity contribution >= 4 is 9.84 Å². The minimum Gasteiger partial charge on any atom is -0.453 e. The third-order valence-electron chi connectivity index (χ3n) is 1.81. The van der Waals surface area contributed by atoms with Crippen LogP contribution in [0.4, 0.5) is 0 Å². The Morgan fingerprint density at radius 1 is 0.929 bits per heavy atom. The normalized spacial score (nSPS) is 11.4. The van der Waals surface area contributed by atoms with Crippen molar-refractivity contribution in [2.45, 2.75) is 9.99 Å². The average Bonchev–Trinajstić information content (AvgIpc) is 2.72. The minimum absolute atomic E-state index is 0.0244. The van der Waals surface area contributed by atoms with E-state index in [1.807, 2.05) is 0 Å². The van der Waals surface area contributed by atoms with Crippen LogP contribution >= 0.6 is 0 Å². The van der Waals surface area contributed by atoms with E-state index in [9.17, 15) is 8.42 Å². The first-order valence-corrected chi connectivity index (χ1v) is 5.53. The molecule has 0 radical (unpaired) electrons. The van der Waals surface area contributed by atoms with Crippen LogP contribution in [0.3, 0.4) is 0 Å². The lowest BCUT2D eigenvalue weighted by atomic mass is 10.4. The van der Waals surface area contributed by atoms with Crippen LogP contribution in [-0.4, -0.2) is 8.42 Å². The number of hydrogen-bond donors (Lipinski definition) is 0. The summed E-state index contributed by atoms with van der Waals surface area (Å²) in [6.07, 6.45) is 1.34. The Morgan fingerprint density at radius 2 is 1.64 bits per heavy atom. The Bertz CT molecular complexity index is 498. The first-order chi connectivity index (χ1) is 6.71. The monoisotopic (exact) mass is 208 g/mol. The second-order valence-electron chi connectivity index (χ2n) is 2.75. The van der Waals surface area contributed by atoms with E-state index >= 15 is 0 Å². The van der Waals surface area contributed by atoms with Crippen molar-refractivity contribution in [3.05, 3.63) is 48.7 Å². The standard InChI is InChI=1S/C10H8O3S/c11-14(12,10-7-4-8-13-10)9-5-2-1-3-6-9/h1-8H. The van der Waals surface area contributed by atoms with E-state index < -0.39 is 9.84 Å². The Balaban J connectivity index is 2.55. The van der Waals surface area contributed by atoms with Crippen LogP contribution in [0, 0.1) is 0 Å². The number of hydrogen-bond acceptors (Lipinski definition) is 3. The van der Waals surface area contributed by atoms with Gasteiger partial charge in [-0.15, -0.1) is 0 Å². The molecule has 0 saturated heterocycles. The molecular weight excluding hydrogens is 200 g/mol. The van der Waals surface area contributed by atoms with Gasteiger partial charge in [-0.05, 0) is 24.3 Å². The van der Waals surface area contributed by atoms with Gasteiger partial charge in [-0.3, -0.25) is 0 Å². The molecule has 0 aliphatic rings. The van der Waals surface area contributed by atoms with Crippen LogP contribution in [-0.2, 0) is 9.84 Å². The van der Waals surface area contributed by atoms with E-state index in [0.29, 0.717) is 0 Å². The minimum atomic E-state index is -3.46. The van der Waals surface area contributed by atoms with E-state index in [1.165, 1.54) is 24.5 Å². The van der Waals surface area contributed by atoms with Gasteiger partial charge in [-0.1, -0.05) is 18.2 Å². The fourth-order valence-electron chi connectivity index (χ4n) is 1.13. The first-order valence-electron chi connectivity index (χ1n) is 4.05. The molecule has 1 aromatic carbocycles. The lowest BCUT2D eigenvalue weighted by Gasteiger charge is -1.99. The zero-order chi connectivity index (χ0) is 10.0. The highest BCUT2D eigenvalue weighted by molar-refractivity contribution is 7.91. The van der Waals surface area contributed by atoms with Gasteiger partial charge in [-0.2, -0.15) is 0 Å². The number of sulfone groups is 1. The van der Waals surface area contributed by atoms with Crippen LogP contribution in [0.25, 0.3) is 0 Å². The molecule has 1 heterocycles. The maximum absolute atomic E-state index is 11.8. The Morgan fingerprint density at radius 3 is 2.21 bits per heavy atom. The molecule has 4 heteroatoms. The zero-order valence-electron chi connectivity index (χ0n) is 7.25. The van der Waals surface area contributed by atoms with E-state index in [0.717, 1.165) is 0 Å². The number of rotatable bonds is 2. The number of furan rings is 1.